The monoisotopic (exact) mass is 344 g/mol. The van der Waals surface area contributed by atoms with Gasteiger partial charge in [0.25, 0.3) is 0 Å². The van der Waals surface area contributed by atoms with Gasteiger partial charge >= 0.3 is 0 Å². The summed E-state index contributed by atoms with van der Waals surface area (Å²) >= 11 is 0. The van der Waals surface area contributed by atoms with E-state index in [2.05, 4.69) is 6.07 Å². The lowest BCUT2D eigenvalue weighted by atomic mass is 10.1. The lowest BCUT2D eigenvalue weighted by Gasteiger charge is -2.22. The fraction of sp³-hybridized carbons (Fsp3) is 0.182. The van der Waals surface area contributed by atoms with E-state index in [-0.39, 0.29) is 5.91 Å². The minimum absolute atomic E-state index is 0.0783. The van der Waals surface area contributed by atoms with E-state index in [4.69, 9.17) is 9.68 Å². The zero-order valence-corrected chi connectivity index (χ0v) is 14.5. The molecule has 130 valence electrons. The maximum absolute atomic E-state index is 12.8. The Hall–Kier alpha value is -3.32. The molecule has 3 rings (SSSR count). The first-order chi connectivity index (χ1) is 12.7. The van der Waals surface area contributed by atoms with Crippen molar-refractivity contribution in [1.29, 1.82) is 5.26 Å². The summed E-state index contributed by atoms with van der Waals surface area (Å²) in [5, 5.41) is 8.86. The van der Waals surface area contributed by atoms with Gasteiger partial charge in [0.05, 0.1) is 24.4 Å². The maximum Gasteiger partial charge on any atom is 0.223 e. The van der Waals surface area contributed by atoms with Gasteiger partial charge in [0.15, 0.2) is 0 Å². The van der Waals surface area contributed by atoms with E-state index in [1.54, 1.807) is 18.4 Å². The molecule has 3 aromatic rings. The lowest BCUT2D eigenvalue weighted by molar-refractivity contribution is -0.132. The van der Waals surface area contributed by atoms with Crippen LogP contribution in [0.15, 0.2) is 77.4 Å². The zero-order valence-electron chi connectivity index (χ0n) is 14.5. The Bertz CT molecular complexity index is 863. The number of rotatable bonds is 7. The Kier molecular flexibility index (Phi) is 5.84. The fourth-order valence-corrected chi connectivity index (χ4v) is 2.78. The van der Waals surface area contributed by atoms with E-state index >= 15 is 0 Å². The lowest BCUT2D eigenvalue weighted by Crippen LogP contribution is -2.30. The zero-order chi connectivity index (χ0) is 18.2. The van der Waals surface area contributed by atoms with E-state index in [9.17, 15) is 4.79 Å². The van der Waals surface area contributed by atoms with Crippen molar-refractivity contribution in [2.24, 2.45) is 0 Å². The van der Waals surface area contributed by atoms with E-state index < -0.39 is 0 Å². The first kappa shape index (κ1) is 17.5. The summed E-state index contributed by atoms with van der Waals surface area (Å²) in [5.74, 6) is 0.849. The molecule has 1 heterocycles. The molecule has 1 amide bonds. The molecule has 0 fully saturated rings. The van der Waals surface area contributed by atoms with Crippen LogP contribution in [0, 0.1) is 11.3 Å². The van der Waals surface area contributed by atoms with Crippen molar-refractivity contribution in [3.8, 4) is 6.07 Å². The molecule has 0 saturated carbocycles. The van der Waals surface area contributed by atoms with Crippen molar-refractivity contribution in [3.05, 3.63) is 95.4 Å². The second-order valence-corrected chi connectivity index (χ2v) is 6.12. The number of carbonyl (C=O) groups excluding carboxylic acids is 1. The van der Waals surface area contributed by atoms with Gasteiger partial charge in [-0.15, -0.1) is 0 Å². The first-order valence-electron chi connectivity index (χ1n) is 8.58. The Labute approximate surface area is 153 Å². The number of hydrogen-bond acceptors (Lipinski definition) is 3. The van der Waals surface area contributed by atoms with Crippen LogP contribution in [0.2, 0.25) is 0 Å². The van der Waals surface area contributed by atoms with Gasteiger partial charge in [-0.25, -0.2) is 0 Å². The minimum atomic E-state index is 0.0783. The molecule has 0 radical (unpaired) electrons. The number of benzene rings is 2. The Morgan fingerprint density at radius 2 is 1.69 bits per heavy atom. The second kappa shape index (κ2) is 8.68. The molecule has 0 aliphatic rings. The molecule has 0 spiro atoms. The number of furan rings is 1. The number of amides is 1. The average molecular weight is 344 g/mol. The summed E-state index contributed by atoms with van der Waals surface area (Å²) in [6.07, 6.45) is 2.69. The highest BCUT2D eigenvalue weighted by atomic mass is 16.3. The van der Waals surface area contributed by atoms with Gasteiger partial charge in [-0.1, -0.05) is 42.5 Å². The number of aryl methyl sites for hydroxylation is 1. The van der Waals surface area contributed by atoms with Crippen molar-refractivity contribution in [2.45, 2.75) is 25.9 Å². The van der Waals surface area contributed by atoms with E-state index in [1.807, 2.05) is 59.5 Å². The third kappa shape index (κ3) is 4.84. The summed E-state index contributed by atoms with van der Waals surface area (Å²) < 4.78 is 5.42. The number of hydrogen-bond donors (Lipinski definition) is 0. The molecular weight excluding hydrogens is 324 g/mol. The smallest absolute Gasteiger partial charge is 0.223 e. The standard InChI is InChI=1S/C22H20N2O2/c23-15-19-10-8-18(9-11-19)12-13-22(25)24(17-21-7-4-14-26-21)16-20-5-2-1-3-6-20/h1-11,14H,12-13,16-17H2. The molecule has 0 N–H and O–H groups in total. The van der Waals surface area contributed by atoms with Crippen LogP contribution in [0.5, 0.6) is 0 Å². The van der Waals surface area contributed by atoms with E-state index in [0.29, 0.717) is 31.5 Å². The molecule has 4 heteroatoms. The van der Waals surface area contributed by atoms with Crippen LogP contribution in [0.1, 0.15) is 28.9 Å². The molecule has 0 atom stereocenters. The quantitative estimate of drug-likeness (QED) is 0.641. The van der Waals surface area contributed by atoms with Gasteiger partial charge in [0, 0.05) is 13.0 Å². The third-order valence-electron chi connectivity index (χ3n) is 4.21. The van der Waals surface area contributed by atoms with Crippen LogP contribution in [0.3, 0.4) is 0 Å². The van der Waals surface area contributed by atoms with E-state index in [1.165, 1.54) is 0 Å². The fourth-order valence-electron chi connectivity index (χ4n) is 2.78. The summed E-state index contributed by atoms with van der Waals surface area (Å²) in [4.78, 5) is 14.6. The molecule has 1 aromatic heterocycles. The highest BCUT2D eigenvalue weighted by Gasteiger charge is 2.16. The summed E-state index contributed by atoms with van der Waals surface area (Å²) in [6, 6.07) is 23.1. The highest BCUT2D eigenvalue weighted by molar-refractivity contribution is 5.76. The minimum Gasteiger partial charge on any atom is -0.467 e. The molecular formula is C22H20N2O2. The predicted octanol–water partition coefficient (Wildman–Crippen LogP) is 4.31. The largest absolute Gasteiger partial charge is 0.467 e. The van der Waals surface area contributed by atoms with E-state index in [0.717, 1.165) is 16.9 Å². The normalized spacial score (nSPS) is 10.3. The van der Waals surface area contributed by atoms with Crippen LogP contribution in [0.4, 0.5) is 0 Å². The molecule has 0 aliphatic heterocycles. The van der Waals surface area contributed by atoms with Crippen LogP contribution < -0.4 is 0 Å². The van der Waals surface area contributed by atoms with Crippen molar-refractivity contribution in [2.75, 3.05) is 0 Å². The molecule has 0 bridgehead atoms. The predicted molar refractivity (Wildman–Crippen MR) is 98.9 cm³/mol. The van der Waals surface area contributed by atoms with Crippen LogP contribution in [-0.4, -0.2) is 10.8 Å². The van der Waals surface area contributed by atoms with Gasteiger partial charge in [-0.2, -0.15) is 5.26 Å². The molecule has 4 nitrogen and oxygen atoms in total. The van der Waals surface area contributed by atoms with Crippen molar-refractivity contribution >= 4 is 5.91 Å². The first-order valence-corrected chi connectivity index (χ1v) is 8.58. The second-order valence-electron chi connectivity index (χ2n) is 6.12. The molecule has 26 heavy (non-hydrogen) atoms. The number of nitrogens with zero attached hydrogens (tertiary/aromatic N) is 2. The van der Waals surface area contributed by atoms with Gasteiger partial charge in [0.2, 0.25) is 5.91 Å². The number of carbonyl (C=O) groups is 1. The average Bonchev–Trinajstić information content (AvgIpc) is 3.20. The molecule has 0 unspecified atom stereocenters. The summed E-state index contributed by atoms with van der Waals surface area (Å²) in [5.41, 5.74) is 2.77. The Morgan fingerprint density at radius 3 is 2.35 bits per heavy atom. The molecule has 0 aliphatic carbocycles. The molecule has 2 aromatic carbocycles. The number of nitriles is 1. The topological polar surface area (TPSA) is 57.2 Å². The van der Waals surface area contributed by atoms with Crippen LogP contribution in [-0.2, 0) is 24.3 Å². The molecule has 0 saturated heterocycles. The highest BCUT2D eigenvalue weighted by Crippen LogP contribution is 2.14. The SMILES string of the molecule is N#Cc1ccc(CCC(=O)N(Cc2ccccc2)Cc2ccco2)cc1. The van der Waals surface area contributed by atoms with Crippen molar-refractivity contribution in [3.63, 3.8) is 0 Å². The van der Waals surface area contributed by atoms with Crippen molar-refractivity contribution in [1.82, 2.24) is 4.90 Å². The maximum atomic E-state index is 12.8. The van der Waals surface area contributed by atoms with Gasteiger partial charge in [-0.05, 0) is 41.8 Å². The Balaban J connectivity index is 1.66. The van der Waals surface area contributed by atoms with Gasteiger partial charge in [-0.3, -0.25) is 4.79 Å². The summed E-state index contributed by atoms with van der Waals surface area (Å²) in [7, 11) is 0. The Morgan fingerprint density at radius 1 is 0.923 bits per heavy atom. The summed E-state index contributed by atoms with van der Waals surface area (Å²) in [6.45, 7) is 1.00. The van der Waals surface area contributed by atoms with Crippen LogP contribution >= 0.6 is 0 Å². The van der Waals surface area contributed by atoms with Gasteiger partial charge in [0.1, 0.15) is 5.76 Å². The van der Waals surface area contributed by atoms with Crippen LogP contribution in [0.25, 0.3) is 0 Å². The van der Waals surface area contributed by atoms with Gasteiger partial charge < -0.3 is 9.32 Å². The van der Waals surface area contributed by atoms with Crippen molar-refractivity contribution < 1.29 is 9.21 Å². The third-order valence-corrected chi connectivity index (χ3v) is 4.21.